The van der Waals surface area contributed by atoms with Gasteiger partial charge in [0.25, 0.3) is 11.5 Å². The number of methoxy groups -OCH3 is 1. The first kappa shape index (κ1) is 22.8. The summed E-state index contributed by atoms with van der Waals surface area (Å²) in [7, 11) is 1.24. The molecule has 178 valence electrons. The van der Waals surface area contributed by atoms with Gasteiger partial charge in [-0.25, -0.2) is 9.78 Å². The topological polar surface area (TPSA) is 129 Å². The van der Waals surface area contributed by atoms with Crippen LogP contribution in [0.3, 0.4) is 0 Å². The van der Waals surface area contributed by atoms with E-state index >= 15 is 0 Å². The fraction of sp³-hybridized carbons (Fsp3) is 0.115. The molecule has 0 saturated carbocycles. The predicted molar refractivity (Wildman–Crippen MR) is 134 cm³/mol. The minimum absolute atomic E-state index is 0.0609. The van der Waals surface area contributed by atoms with Gasteiger partial charge in [0.15, 0.2) is 6.04 Å². The second-order valence-corrected chi connectivity index (χ2v) is 8.00. The molecular weight excluding hydrogens is 460 g/mol. The molecule has 1 unspecified atom stereocenters. The Morgan fingerprint density at radius 3 is 2.42 bits per heavy atom. The molecule has 0 bridgehead atoms. The van der Waals surface area contributed by atoms with Gasteiger partial charge in [-0.15, -0.1) is 0 Å². The molecule has 0 spiro atoms. The summed E-state index contributed by atoms with van der Waals surface area (Å²) < 4.78 is 4.91. The van der Waals surface area contributed by atoms with E-state index in [1.807, 2.05) is 36.4 Å². The second kappa shape index (κ2) is 9.34. The van der Waals surface area contributed by atoms with Crippen molar-refractivity contribution in [2.45, 2.75) is 13.0 Å². The largest absolute Gasteiger partial charge is 0.465 e. The monoisotopic (exact) mass is 480 g/mol. The molecule has 3 aromatic carbocycles. The van der Waals surface area contributed by atoms with Crippen LogP contribution in [0.4, 0.5) is 11.4 Å². The van der Waals surface area contributed by atoms with Gasteiger partial charge < -0.3 is 9.72 Å². The molecule has 1 aliphatic heterocycles. The van der Waals surface area contributed by atoms with E-state index in [1.165, 1.54) is 24.3 Å². The number of fused-ring (bicyclic) bond motifs is 1. The molecule has 1 amide bonds. The zero-order valence-corrected chi connectivity index (χ0v) is 19.4. The predicted octanol–water partition coefficient (Wildman–Crippen LogP) is 4.25. The molecule has 10 heteroatoms. The fourth-order valence-corrected chi connectivity index (χ4v) is 3.83. The average Bonchev–Trinajstić information content (AvgIpc) is 3.20. The molecule has 1 aromatic heterocycles. The van der Waals surface area contributed by atoms with Crippen LogP contribution in [0.15, 0.2) is 92.9 Å². The van der Waals surface area contributed by atoms with Gasteiger partial charge in [0.2, 0.25) is 0 Å². The van der Waals surface area contributed by atoms with Crippen LogP contribution in [0, 0.1) is 0 Å². The van der Waals surface area contributed by atoms with Gasteiger partial charge in [-0.1, -0.05) is 48.5 Å². The first-order valence-electron chi connectivity index (χ1n) is 11.0. The SMILES string of the molecule is COC(=O)c1cc2nc(-c3ccccc3)[nH]c(=O)c2cc1N=NC1C(=O)N(c2ccccc2)N=C1C. The van der Waals surface area contributed by atoms with Crippen molar-refractivity contribution in [3.05, 3.63) is 88.7 Å². The highest BCUT2D eigenvalue weighted by molar-refractivity contribution is 6.18. The molecule has 0 radical (unpaired) electrons. The molecule has 2 heterocycles. The Balaban J connectivity index is 1.54. The van der Waals surface area contributed by atoms with Crippen molar-refractivity contribution in [3.63, 3.8) is 0 Å². The first-order chi connectivity index (χ1) is 17.5. The maximum absolute atomic E-state index is 13.0. The number of rotatable bonds is 5. The first-order valence-corrected chi connectivity index (χ1v) is 11.0. The number of nitrogens with one attached hydrogen (secondary N) is 1. The summed E-state index contributed by atoms with van der Waals surface area (Å²) in [6, 6.07) is 20.0. The summed E-state index contributed by atoms with van der Waals surface area (Å²) in [5, 5.41) is 14.1. The number of anilines is 1. The molecule has 0 fully saturated rings. The van der Waals surface area contributed by atoms with Crippen LogP contribution in [-0.2, 0) is 9.53 Å². The molecule has 1 N–H and O–H groups in total. The van der Waals surface area contributed by atoms with E-state index in [-0.39, 0.29) is 22.5 Å². The molecule has 0 aliphatic carbocycles. The molecule has 5 rings (SSSR count). The van der Waals surface area contributed by atoms with E-state index in [2.05, 4.69) is 25.3 Å². The number of nitrogens with zero attached hydrogens (tertiary/aromatic N) is 5. The standard InChI is InChI=1S/C26H20N6O4/c1-15-22(25(34)32(31-15)17-11-7-4-8-12-17)30-29-21-13-18-20(14-19(21)26(35)36-2)27-23(28-24(18)33)16-9-5-3-6-10-16/h3-14,22H,1-2H3,(H,27,28,33). The van der Waals surface area contributed by atoms with Gasteiger partial charge in [-0.3, -0.25) is 9.59 Å². The highest BCUT2D eigenvalue weighted by Gasteiger charge is 2.34. The van der Waals surface area contributed by atoms with Crippen LogP contribution in [0.25, 0.3) is 22.3 Å². The van der Waals surface area contributed by atoms with Crippen molar-refractivity contribution in [1.29, 1.82) is 0 Å². The molecule has 36 heavy (non-hydrogen) atoms. The number of benzene rings is 3. The van der Waals surface area contributed by atoms with Gasteiger partial charge >= 0.3 is 5.97 Å². The van der Waals surface area contributed by atoms with Crippen molar-refractivity contribution in [1.82, 2.24) is 9.97 Å². The second-order valence-electron chi connectivity index (χ2n) is 8.00. The number of H-pyrrole nitrogens is 1. The number of esters is 1. The number of para-hydroxylation sites is 1. The number of hydrogen-bond donors (Lipinski definition) is 1. The van der Waals surface area contributed by atoms with Gasteiger partial charge in [0.05, 0.1) is 35.0 Å². The number of carbonyl (C=O) groups is 2. The van der Waals surface area contributed by atoms with E-state index in [0.717, 1.165) is 5.56 Å². The van der Waals surface area contributed by atoms with Crippen LogP contribution < -0.4 is 10.6 Å². The smallest absolute Gasteiger partial charge is 0.340 e. The zero-order valence-electron chi connectivity index (χ0n) is 19.4. The Bertz CT molecular complexity index is 1600. The summed E-state index contributed by atoms with van der Waals surface area (Å²) in [6.45, 7) is 1.67. The summed E-state index contributed by atoms with van der Waals surface area (Å²) in [5.41, 5.74) is 1.79. The van der Waals surface area contributed by atoms with Crippen molar-refractivity contribution >= 4 is 39.9 Å². The number of aromatic amines is 1. The number of ether oxygens (including phenoxy) is 1. The Labute approximate surface area is 205 Å². The fourth-order valence-electron chi connectivity index (χ4n) is 3.83. The van der Waals surface area contributed by atoms with E-state index in [1.54, 1.807) is 31.2 Å². The Morgan fingerprint density at radius 2 is 1.72 bits per heavy atom. The molecular formula is C26H20N6O4. The summed E-state index contributed by atoms with van der Waals surface area (Å²) >= 11 is 0. The minimum atomic E-state index is -0.969. The molecule has 1 atom stereocenters. The van der Waals surface area contributed by atoms with Crippen molar-refractivity contribution in [2.24, 2.45) is 15.3 Å². The van der Waals surface area contributed by atoms with Crippen LogP contribution >= 0.6 is 0 Å². The van der Waals surface area contributed by atoms with Crippen LogP contribution in [0.5, 0.6) is 0 Å². The Morgan fingerprint density at radius 1 is 1.03 bits per heavy atom. The van der Waals surface area contributed by atoms with E-state index in [9.17, 15) is 14.4 Å². The van der Waals surface area contributed by atoms with Gasteiger partial charge in [0.1, 0.15) is 11.5 Å². The van der Waals surface area contributed by atoms with Crippen LogP contribution in [0.1, 0.15) is 17.3 Å². The maximum atomic E-state index is 13.0. The minimum Gasteiger partial charge on any atom is -0.465 e. The number of azo groups is 1. The van der Waals surface area contributed by atoms with E-state index < -0.39 is 17.6 Å². The molecule has 0 saturated heterocycles. The van der Waals surface area contributed by atoms with Gasteiger partial charge in [-0.2, -0.15) is 20.3 Å². The number of amides is 1. The van der Waals surface area contributed by atoms with Crippen molar-refractivity contribution < 1.29 is 14.3 Å². The number of hydrazone groups is 1. The van der Waals surface area contributed by atoms with Gasteiger partial charge in [-0.05, 0) is 31.2 Å². The van der Waals surface area contributed by atoms with E-state index in [0.29, 0.717) is 22.7 Å². The number of carbonyl (C=O) groups excluding carboxylic acids is 2. The third-order valence-electron chi connectivity index (χ3n) is 5.65. The highest BCUT2D eigenvalue weighted by atomic mass is 16.5. The lowest BCUT2D eigenvalue weighted by atomic mass is 10.1. The normalized spacial score (nSPS) is 15.5. The number of aromatic nitrogens is 2. The van der Waals surface area contributed by atoms with Crippen LogP contribution in [-0.4, -0.2) is 40.7 Å². The average molecular weight is 480 g/mol. The van der Waals surface area contributed by atoms with Crippen molar-refractivity contribution in [2.75, 3.05) is 12.1 Å². The highest BCUT2D eigenvalue weighted by Crippen LogP contribution is 2.28. The summed E-state index contributed by atoms with van der Waals surface area (Å²) in [6.07, 6.45) is 0. The molecule has 10 nitrogen and oxygen atoms in total. The zero-order chi connectivity index (χ0) is 25.2. The molecule has 4 aromatic rings. The van der Waals surface area contributed by atoms with Gasteiger partial charge in [0, 0.05) is 5.56 Å². The Kier molecular flexibility index (Phi) is 5.91. The third kappa shape index (κ3) is 4.16. The summed E-state index contributed by atoms with van der Waals surface area (Å²) in [4.78, 5) is 45.6. The summed E-state index contributed by atoms with van der Waals surface area (Å²) in [5.74, 6) is -0.694. The quantitative estimate of drug-likeness (QED) is 0.337. The maximum Gasteiger partial charge on any atom is 0.340 e. The lowest BCUT2D eigenvalue weighted by Gasteiger charge is -2.12. The number of hydrogen-bond acceptors (Lipinski definition) is 8. The van der Waals surface area contributed by atoms with Crippen molar-refractivity contribution in [3.8, 4) is 11.4 Å². The lowest BCUT2D eigenvalue weighted by molar-refractivity contribution is -0.117. The van der Waals surface area contributed by atoms with E-state index in [4.69, 9.17) is 4.74 Å². The van der Waals surface area contributed by atoms with Crippen LogP contribution in [0.2, 0.25) is 0 Å². The lowest BCUT2D eigenvalue weighted by Crippen LogP contribution is -2.29. The Hall–Kier alpha value is -4.99. The molecule has 1 aliphatic rings. The third-order valence-corrected chi connectivity index (χ3v) is 5.65.